The number of carbonyl (C=O) groups is 1. The van der Waals surface area contributed by atoms with E-state index in [9.17, 15) is 9.90 Å². The van der Waals surface area contributed by atoms with E-state index < -0.39 is 30.0 Å². The Labute approximate surface area is 168 Å². The maximum atomic E-state index is 12.1. The van der Waals surface area contributed by atoms with E-state index >= 15 is 0 Å². The maximum absolute atomic E-state index is 12.1. The number of rotatable bonds is 4. The van der Waals surface area contributed by atoms with Gasteiger partial charge in [0.1, 0.15) is 11.4 Å². The number of carbonyl (C=O) groups excluding carboxylic acids is 1. The smallest absolute Gasteiger partial charge is 0.492 e. The van der Waals surface area contributed by atoms with Crippen molar-refractivity contribution >= 4 is 19.3 Å². The molecule has 0 unspecified atom stereocenters. The van der Waals surface area contributed by atoms with E-state index in [2.05, 4.69) is 5.32 Å². The number of phenolic OH excluding ortho intramolecular Hbond substituents is 1. The van der Waals surface area contributed by atoms with Crippen molar-refractivity contribution in [2.75, 3.05) is 6.54 Å². The third kappa shape index (κ3) is 5.52. The molecular formula is C21H32BNO5. The van der Waals surface area contributed by atoms with Crippen molar-refractivity contribution < 1.29 is 23.9 Å². The minimum absolute atomic E-state index is 0.150. The summed E-state index contributed by atoms with van der Waals surface area (Å²) in [6, 6.07) is 5.35. The lowest BCUT2D eigenvalue weighted by Gasteiger charge is -2.32. The standard InChI is InChI=1S/C21H32BNO5/c1-14-9-10-17(24)15(11-14)12-16(13-23-18(25)26-19(2,3)4)22-27-20(5,6)21(7,8)28-22/h9-12,24H,13H2,1-8H3,(H,23,25). The Morgan fingerprint density at radius 1 is 1.21 bits per heavy atom. The average Bonchev–Trinajstić information content (AvgIpc) is 2.73. The molecule has 7 heteroatoms. The van der Waals surface area contributed by atoms with Crippen LogP contribution in [0.15, 0.2) is 23.7 Å². The van der Waals surface area contributed by atoms with Crippen LogP contribution in [0.1, 0.15) is 59.6 Å². The van der Waals surface area contributed by atoms with Crippen molar-refractivity contribution in [3.05, 3.63) is 34.8 Å². The van der Waals surface area contributed by atoms with Gasteiger partial charge in [-0.25, -0.2) is 4.79 Å². The van der Waals surface area contributed by atoms with Crippen LogP contribution >= 0.6 is 0 Å². The summed E-state index contributed by atoms with van der Waals surface area (Å²) >= 11 is 0. The summed E-state index contributed by atoms with van der Waals surface area (Å²) in [6.45, 7) is 15.4. The van der Waals surface area contributed by atoms with E-state index in [0.29, 0.717) is 11.0 Å². The number of aryl methyl sites for hydroxylation is 1. The molecule has 1 saturated heterocycles. The Morgan fingerprint density at radius 3 is 2.32 bits per heavy atom. The Hall–Kier alpha value is -1.99. The molecule has 1 fully saturated rings. The number of ether oxygens (including phenoxy) is 1. The van der Waals surface area contributed by atoms with Gasteiger partial charge in [0.05, 0.1) is 11.2 Å². The fourth-order valence-corrected chi connectivity index (χ4v) is 2.67. The highest BCUT2D eigenvalue weighted by Crippen LogP contribution is 2.39. The minimum atomic E-state index is -0.653. The molecule has 1 amide bonds. The Balaban J connectivity index is 2.30. The Kier molecular flexibility index (Phi) is 6.21. The van der Waals surface area contributed by atoms with Gasteiger partial charge in [-0.15, -0.1) is 0 Å². The van der Waals surface area contributed by atoms with Gasteiger partial charge in [-0.05, 0) is 73.0 Å². The first-order valence-corrected chi connectivity index (χ1v) is 9.53. The van der Waals surface area contributed by atoms with Crippen molar-refractivity contribution in [1.29, 1.82) is 0 Å². The van der Waals surface area contributed by atoms with E-state index in [4.69, 9.17) is 14.0 Å². The lowest BCUT2D eigenvalue weighted by Crippen LogP contribution is -2.41. The minimum Gasteiger partial charge on any atom is -0.507 e. The summed E-state index contributed by atoms with van der Waals surface area (Å²) in [4.78, 5) is 12.1. The summed E-state index contributed by atoms with van der Waals surface area (Å²) in [7, 11) is -0.653. The molecule has 2 N–H and O–H groups in total. The van der Waals surface area contributed by atoms with Crippen LogP contribution in [0.2, 0.25) is 0 Å². The van der Waals surface area contributed by atoms with E-state index in [1.807, 2.05) is 67.5 Å². The van der Waals surface area contributed by atoms with E-state index in [1.54, 1.807) is 12.1 Å². The molecule has 0 atom stereocenters. The van der Waals surface area contributed by atoms with Crippen LogP contribution in [0.3, 0.4) is 0 Å². The molecule has 1 aliphatic heterocycles. The molecule has 1 aliphatic rings. The number of alkyl carbamates (subject to hydrolysis) is 1. The highest BCUT2D eigenvalue weighted by Gasteiger charge is 2.52. The van der Waals surface area contributed by atoms with Gasteiger partial charge in [-0.3, -0.25) is 0 Å². The Morgan fingerprint density at radius 2 is 1.79 bits per heavy atom. The lowest BCUT2D eigenvalue weighted by molar-refractivity contribution is 0.00578. The molecule has 0 aliphatic carbocycles. The van der Waals surface area contributed by atoms with Crippen molar-refractivity contribution in [3.63, 3.8) is 0 Å². The van der Waals surface area contributed by atoms with E-state index in [-0.39, 0.29) is 12.3 Å². The predicted molar refractivity (Wildman–Crippen MR) is 111 cm³/mol. The average molecular weight is 389 g/mol. The van der Waals surface area contributed by atoms with Crippen LogP contribution < -0.4 is 5.32 Å². The quantitative estimate of drug-likeness (QED) is 0.754. The van der Waals surface area contributed by atoms with Gasteiger partial charge in [0, 0.05) is 12.1 Å². The summed E-state index contributed by atoms with van der Waals surface area (Å²) in [5.41, 5.74) is 0.709. The van der Waals surface area contributed by atoms with Crippen molar-refractivity contribution in [3.8, 4) is 5.75 Å². The molecule has 0 aromatic heterocycles. The summed E-state index contributed by atoms with van der Waals surface area (Å²) < 4.78 is 17.6. The second kappa shape index (κ2) is 7.80. The van der Waals surface area contributed by atoms with Crippen molar-refractivity contribution in [2.45, 2.75) is 72.2 Å². The monoisotopic (exact) mass is 389 g/mol. The molecule has 0 saturated carbocycles. The molecule has 2 rings (SSSR count). The Bertz CT molecular complexity index is 749. The molecule has 0 bridgehead atoms. The topological polar surface area (TPSA) is 77.0 Å². The zero-order valence-corrected chi connectivity index (χ0v) is 18.2. The number of nitrogens with one attached hydrogen (secondary N) is 1. The molecule has 1 aromatic rings. The maximum Gasteiger partial charge on any atom is 0.492 e. The normalized spacial score (nSPS) is 18.9. The first-order chi connectivity index (χ1) is 12.7. The fraction of sp³-hybridized carbons (Fsp3) is 0.571. The zero-order chi connectivity index (χ0) is 21.3. The van der Waals surface area contributed by atoms with Crippen LogP contribution in [0.25, 0.3) is 6.08 Å². The number of benzene rings is 1. The molecule has 6 nitrogen and oxygen atoms in total. The third-order valence-electron chi connectivity index (χ3n) is 4.92. The second-order valence-electron chi connectivity index (χ2n) is 9.23. The fourth-order valence-electron chi connectivity index (χ4n) is 2.67. The number of phenols is 1. The molecule has 28 heavy (non-hydrogen) atoms. The van der Waals surface area contributed by atoms with Gasteiger partial charge in [-0.1, -0.05) is 17.7 Å². The van der Waals surface area contributed by atoms with Crippen molar-refractivity contribution in [1.82, 2.24) is 5.32 Å². The van der Waals surface area contributed by atoms with Crippen LogP contribution in [0.4, 0.5) is 4.79 Å². The van der Waals surface area contributed by atoms with Gasteiger partial charge in [-0.2, -0.15) is 0 Å². The van der Waals surface area contributed by atoms with Gasteiger partial charge in [0.25, 0.3) is 0 Å². The summed E-state index contributed by atoms with van der Waals surface area (Å²) in [5.74, 6) is 0.150. The lowest BCUT2D eigenvalue weighted by atomic mass is 9.77. The molecular weight excluding hydrogens is 357 g/mol. The van der Waals surface area contributed by atoms with Crippen LogP contribution in [0.5, 0.6) is 5.75 Å². The highest BCUT2D eigenvalue weighted by molar-refractivity contribution is 6.56. The van der Waals surface area contributed by atoms with Gasteiger partial charge < -0.3 is 24.5 Å². The van der Waals surface area contributed by atoms with Crippen LogP contribution in [-0.2, 0) is 14.0 Å². The van der Waals surface area contributed by atoms with E-state index in [1.165, 1.54) is 0 Å². The number of hydrogen-bond acceptors (Lipinski definition) is 5. The first kappa shape index (κ1) is 22.3. The number of hydrogen-bond donors (Lipinski definition) is 2. The highest BCUT2D eigenvalue weighted by atomic mass is 16.7. The molecule has 1 aromatic carbocycles. The van der Waals surface area contributed by atoms with Crippen LogP contribution in [0, 0.1) is 6.92 Å². The van der Waals surface area contributed by atoms with E-state index in [0.717, 1.165) is 5.56 Å². The summed E-state index contributed by atoms with van der Waals surface area (Å²) in [6.07, 6.45) is 1.27. The van der Waals surface area contributed by atoms with Crippen LogP contribution in [-0.4, -0.2) is 41.7 Å². The number of aromatic hydroxyl groups is 1. The summed E-state index contributed by atoms with van der Waals surface area (Å²) in [5, 5.41) is 13.0. The van der Waals surface area contributed by atoms with Gasteiger partial charge >= 0.3 is 13.2 Å². The van der Waals surface area contributed by atoms with Crippen molar-refractivity contribution in [2.24, 2.45) is 0 Å². The second-order valence-corrected chi connectivity index (χ2v) is 9.23. The molecule has 0 radical (unpaired) electrons. The third-order valence-corrected chi connectivity index (χ3v) is 4.92. The molecule has 0 spiro atoms. The largest absolute Gasteiger partial charge is 0.507 e. The SMILES string of the molecule is Cc1ccc(O)c(C=C(CNC(=O)OC(C)(C)C)B2OC(C)(C)C(C)(C)O2)c1. The van der Waals surface area contributed by atoms with Gasteiger partial charge in [0.2, 0.25) is 0 Å². The molecule has 154 valence electrons. The number of amides is 1. The zero-order valence-electron chi connectivity index (χ0n) is 18.2. The predicted octanol–water partition coefficient (Wildman–Crippen LogP) is 4.24. The van der Waals surface area contributed by atoms with Gasteiger partial charge in [0.15, 0.2) is 0 Å². The molecule has 1 heterocycles. The first-order valence-electron chi connectivity index (χ1n) is 9.53.